The topological polar surface area (TPSA) is 75.3 Å². The highest BCUT2D eigenvalue weighted by molar-refractivity contribution is 7.98. The summed E-state index contributed by atoms with van der Waals surface area (Å²) in [6.07, 6.45) is 2.19. The predicted octanol–water partition coefficient (Wildman–Crippen LogP) is 3.48. The van der Waals surface area contributed by atoms with Gasteiger partial charge in [0.25, 0.3) is 0 Å². The van der Waals surface area contributed by atoms with Gasteiger partial charge in [-0.1, -0.05) is 23.8 Å². The third-order valence-electron chi connectivity index (χ3n) is 4.00. The summed E-state index contributed by atoms with van der Waals surface area (Å²) in [6.45, 7) is 3.48. The van der Waals surface area contributed by atoms with Gasteiger partial charge in [-0.3, -0.25) is 4.79 Å². The third kappa shape index (κ3) is 6.05. The van der Waals surface area contributed by atoms with E-state index in [-0.39, 0.29) is 10.6 Å². The zero-order chi connectivity index (χ0) is 20.0. The second-order valence-electron chi connectivity index (χ2n) is 6.22. The van der Waals surface area contributed by atoms with E-state index < -0.39 is 27.8 Å². The van der Waals surface area contributed by atoms with Gasteiger partial charge in [0.05, 0.1) is 4.90 Å². The molecule has 1 amide bonds. The van der Waals surface area contributed by atoms with Crippen molar-refractivity contribution in [2.75, 3.05) is 17.3 Å². The molecular formula is C19H23FN2O3S2. The minimum absolute atomic E-state index is 0.0939. The summed E-state index contributed by atoms with van der Waals surface area (Å²) in [4.78, 5) is 12.7. The van der Waals surface area contributed by atoms with E-state index in [1.54, 1.807) is 31.2 Å². The lowest BCUT2D eigenvalue weighted by atomic mass is 10.2. The monoisotopic (exact) mass is 410 g/mol. The minimum atomic E-state index is -3.85. The second kappa shape index (κ2) is 9.34. The summed E-state index contributed by atoms with van der Waals surface area (Å²) in [6, 6.07) is 9.77. The van der Waals surface area contributed by atoms with E-state index in [0.717, 1.165) is 5.56 Å². The molecule has 0 radical (unpaired) electrons. The Balaban J connectivity index is 2.18. The van der Waals surface area contributed by atoms with Gasteiger partial charge in [0.15, 0.2) is 0 Å². The maximum Gasteiger partial charge on any atom is 0.242 e. The Hall–Kier alpha value is -1.90. The van der Waals surface area contributed by atoms with E-state index in [4.69, 9.17) is 0 Å². The number of carbonyl (C=O) groups excluding carboxylic acids is 1. The average Bonchev–Trinajstić information content (AvgIpc) is 2.62. The van der Waals surface area contributed by atoms with Gasteiger partial charge < -0.3 is 5.32 Å². The number of halogens is 1. The van der Waals surface area contributed by atoms with Crippen molar-refractivity contribution < 1.29 is 17.6 Å². The van der Waals surface area contributed by atoms with Crippen LogP contribution in [0.2, 0.25) is 0 Å². The summed E-state index contributed by atoms with van der Waals surface area (Å²) >= 11 is 1.51. The highest BCUT2D eigenvalue weighted by Crippen LogP contribution is 2.16. The summed E-state index contributed by atoms with van der Waals surface area (Å²) in [7, 11) is -3.85. The van der Waals surface area contributed by atoms with E-state index in [2.05, 4.69) is 10.0 Å². The SMILES string of the molecule is CSCCC(NS(=O)(=O)c1ccc(C)cc1)C(=O)Nc1ccc(C)c(F)c1. The van der Waals surface area contributed by atoms with Crippen molar-refractivity contribution in [3.8, 4) is 0 Å². The lowest BCUT2D eigenvalue weighted by molar-refractivity contribution is -0.117. The van der Waals surface area contributed by atoms with Crippen molar-refractivity contribution in [2.45, 2.75) is 31.2 Å². The number of aryl methyl sites for hydroxylation is 2. The second-order valence-corrected chi connectivity index (χ2v) is 8.92. The highest BCUT2D eigenvalue weighted by atomic mass is 32.2. The molecule has 8 heteroatoms. The van der Waals surface area contributed by atoms with Crippen molar-refractivity contribution in [2.24, 2.45) is 0 Å². The number of benzene rings is 2. The normalized spacial score (nSPS) is 12.6. The van der Waals surface area contributed by atoms with Crippen LogP contribution in [0.5, 0.6) is 0 Å². The molecule has 0 saturated carbocycles. The van der Waals surface area contributed by atoms with E-state index >= 15 is 0 Å². The minimum Gasteiger partial charge on any atom is -0.325 e. The number of hydrogen-bond acceptors (Lipinski definition) is 4. The maximum absolute atomic E-state index is 13.7. The zero-order valence-corrected chi connectivity index (χ0v) is 17.1. The number of anilines is 1. The van der Waals surface area contributed by atoms with Crippen LogP contribution in [0.15, 0.2) is 47.4 Å². The van der Waals surface area contributed by atoms with Crippen LogP contribution in [-0.4, -0.2) is 32.4 Å². The van der Waals surface area contributed by atoms with E-state index in [1.165, 1.54) is 30.0 Å². The highest BCUT2D eigenvalue weighted by Gasteiger charge is 2.25. The molecule has 0 heterocycles. The standard InChI is InChI=1S/C19H23FN2O3S2/c1-13-4-8-16(9-5-13)27(24,25)22-18(10-11-26-3)19(23)21-15-7-6-14(2)17(20)12-15/h4-9,12,18,22H,10-11H2,1-3H3,(H,21,23). The molecule has 2 aromatic carbocycles. The summed E-state index contributed by atoms with van der Waals surface area (Å²) in [5.41, 5.74) is 1.69. The van der Waals surface area contributed by atoms with Crippen molar-refractivity contribution in [3.63, 3.8) is 0 Å². The van der Waals surface area contributed by atoms with Gasteiger partial charge in [-0.05, 0) is 62.1 Å². The van der Waals surface area contributed by atoms with Crippen molar-refractivity contribution in [1.29, 1.82) is 0 Å². The Labute approximate surface area is 163 Å². The van der Waals surface area contributed by atoms with Crippen LogP contribution in [0.3, 0.4) is 0 Å². The van der Waals surface area contributed by atoms with Gasteiger partial charge in [0.2, 0.25) is 15.9 Å². The number of hydrogen-bond donors (Lipinski definition) is 2. The molecular weight excluding hydrogens is 387 g/mol. The third-order valence-corrected chi connectivity index (χ3v) is 6.13. The van der Waals surface area contributed by atoms with Crippen molar-refractivity contribution >= 4 is 33.4 Å². The van der Waals surface area contributed by atoms with Gasteiger partial charge in [-0.25, -0.2) is 12.8 Å². The number of thioether (sulfide) groups is 1. The molecule has 2 aromatic rings. The number of sulfonamides is 1. The Morgan fingerprint density at radius 2 is 1.81 bits per heavy atom. The largest absolute Gasteiger partial charge is 0.325 e. The molecule has 27 heavy (non-hydrogen) atoms. The molecule has 5 nitrogen and oxygen atoms in total. The number of amides is 1. The molecule has 2 rings (SSSR count). The molecule has 0 aliphatic rings. The molecule has 0 aliphatic carbocycles. The Bertz CT molecular complexity index is 900. The van der Waals surface area contributed by atoms with Gasteiger partial charge in [0, 0.05) is 5.69 Å². The first-order chi connectivity index (χ1) is 12.7. The molecule has 146 valence electrons. The lowest BCUT2D eigenvalue weighted by Gasteiger charge is -2.18. The van der Waals surface area contributed by atoms with Crippen LogP contribution >= 0.6 is 11.8 Å². The molecule has 0 aliphatic heterocycles. The maximum atomic E-state index is 13.7. The summed E-state index contributed by atoms with van der Waals surface area (Å²) < 4.78 is 41.4. The van der Waals surface area contributed by atoms with E-state index in [1.807, 2.05) is 13.2 Å². The summed E-state index contributed by atoms with van der Waals surface area (Å²) in [5, 5.41) is 2.59. The van der Waals surface area contributed by atoms with Gasteiger partial charge in [-0.2, -0.15) is 16.5 Å². The zero-order valence-electron chi connectivity index (χ0n) is 15.5. The van der Waals surface area contributed by atoms with E-state index in [0.29, 0.717) is 17.7 Å². The Morgan fingerprint density at radius 3 is 2.41 bits per heavy atom. The first kappa shape index (κ1) is 21.4. The first-order valence-electron chi connectivity index (χ1n) is 8.38. The molecule has 1 atom stereocenters. The molecule has 0 bridgehead atoms. The van der Waals surface area contributed by atoms with Crippen molar-refractivity contribution in [1.82, 2.24) is 4.72 Å². The van der Waals surface area contributed by atoms with Crippen LogP contribution in [0.1, 0.15) is 17.5 Å². The fourth-order valence-corrected chi connectivity index (χ4v) is 4.05. The summed E-state index contributed by atoms with van der Waals surface area (Å²) in [5.74, 6) is -0.367. The predicted molar refractivity (Wildman–Crippen MR) is 108 cm³/mol. The van der Waals surface area contributed by atoms with Crippen LogP contribution < -0.4 is 10.0 Å². The first-order valence-corrected chi connectivity index (χ1v) is 11.3. The fraction of sp³-hybridized carbons (Fsp3) is 0.316. The van der Waals surface area contributed by atoms with E-state index in [9.17, 15) is 17.6 Å². The van der Waals surface area contributed by atoms with Gasteiger partial charge in [-0.15, -0.1) is 0 Å². The molecule has 1 unspecified atom stereocenters. The molecule has 0 saturated heterocycles. The van der Waals surface area contributed by atoms with Gasteiger partial charge in [0.1, 0.15) is 11.9 Å². The molecule has 0 fully saturated rings. The fourth-order valence-electron chi connectivity index (χ4n) is 2.35. The smallest absolute Gasteiger partial charge is 0.242 e. The van der Waals surface area contributed by atoms with Crippen LogP contribution in [0.25, 0.3) is 0 Å². The van der Waals surface area contributed by atoms with Crippen LogP contribution in [-0.2, 0) is 14.8 Å². The molecule has 0 aromatic heterocycles. The molecule has 2 N–H and O–H groups in total. The number of nitrogens with one attached hydrogen (secondary N) is 2. The number of rotatable bonds is 8. The van der Waals surface area contributed by atoms with Crippen LogP contribution in [0.4, 0.5) is 10.1 Å². The molecule has 0 spiro atoms. The van der Waals surface area contributed by atoms with Crippen LogP contribution in [0, 0.1) is 19.7 Å². The van der Waals surface area contributed by atoms with Gasteiger partial charge >= 0.3 is 0 Å². The van der Waals surface area contributed by atoms with Crippen molar-refractivity contribution in [3.05, 3.63) is 59.4 Å². The Morgan fingerprint density at radius 1 is 1.15 bits per heavy atom. The number of carbonyl (C=O) groups is 1. The average molecular weight is 411 g/mol. The lowest BCUT2D eigenvalue weighted by Crippen LogP contribution is -2.44. The Kier molecular flexibility index (Phi) is 7.41. The quantitative estimate of drug-likeness (QED) is 0.699.